The van der Waals surface area contributed by atoms with Crippen LogP contribution in [0.25, 0.3) is 0 Å². The second-order valence-electron chi connectivity index (χ2n) is 5.09. The number of Topliss-reactive ketones (excluding diaryl/α,β-unsaturated/α-hetero) is 1. The molecule has 0 amide bonds. The van der Waals surface area contributed by atoms with Gasteiger partial charge in [-0.25, -0.2) is 0 Å². The molecule has 21 heavy (non-hydrogen) atoms. The summed E-state index contributed by atoms with van der Waals surface area (Å²) < 4.78 is 0. The Morgan fingerprint density at radius 3 is 2.71 bits per heavy atom. The first-order valence-electron chi connectivity index (χ1n) is 6.68. The molecule has 0 saturated heterocycles. The lowest BCUT2D eigenvalue weighted by atomic mass is 10.1. The molecular weight excluding hydrogens is 325 g/mol. The van der Waals surface area contributed by atoms with Crippen molar-refractivity contribution in [1.82, 2.24) is 4.90 Å². The number of hydrogen-bond donors (Lipinski definition) is 0. The van der Waals surface area contributed by atoms with Crippen LogP contribution in [0.15, 0.2) is 35.7 Å². The number of halogens is 2. The highest BCUT2D eigenvalue weighted by atomic mass is 35.5. The van der Waals surface area contributed by atoms with Crippen LogP contribution in [0, 0.1) is 0 Å². The molecule has 0 saturated carbocycles. The fraction of sp³-hybridized carbons (Fsp3) is 0.312. The van der Waals surface area contributed by atoms with Crippen molar-refractivity contribution in [3.05, 3.63) is 56.2 Å². The summed E-state index contributed by atoms with van der Waals surface area (Å²) in [7, 11) is 1.96. The number of hydrogen-bond acceptors (Lipinski definition) is 3. The van der Waals surface area contributed by atoms with E-state index in [1.807, 2.05) is 18.0 Å². The zero-order chi connectivity index (χ0) is 15.4. The van der Waals surface area contributed by atoms with Crippen molar-refractivity contribution < 1.29 is 4.79 Å². The number of thiophene rings is 1. The fourth-order valence-electron chi connectivity index (χ4n) is 2.06. The highest BCUT2D eigenvalue weighted by Crippen LogP contribution is 2.22. The van der Waals surface area contributed by atoms with E-state index in [9.17, 15) is 4.79 Å². The summed E-state index contributed by atoms with van der Waals surface area (Å²) in [4.78, 5) is 15.7. The highest BCUT2D eigenvalue weighted by molar-refractivity contribution is 7.09. The number of carbonyl (C=O) groups is 1. The SMILES string of the molecule is CC(Cc1cccs1)N(C)CC(=O)c1ccc(Cl)cc1Cl. The molecule has 5 heteroatoms. The fourth-order valence-corrected chi connectivity index (χ4v) is 3.40. The molecule has 0 aliphatic carbocycles. The van der Waals surface area contributed by atoms with Gasteiger partial charge in [0.25, 0.3) is 0 Å². The monoisotopic (exact) mass is 341 g/mol. The van der Waals surface area contributed by atoms with Crippen LogP contribution < -0.4 is 0 Å². The lowest BCUT2D eigenvalue weighted by Gasteiger charge is -2.23. The van der Waals surface area contributed by atoms with Gasteiger partial charge in [-0.1, -0.05) is 29.3 Å². The number of carbonyl (C=O) groups excluding carboxylic acids is 1. The van der Waals surface area contributed by atoms with Gasteiger partial charge in [0.2, 0.25) is 0 Å². The van der Waals surface area contributed by atoms with Gasteiger partial charge in [0, 0.05) is 21.5 Å². The molecule has 2 nitrogen and oxygen atoms in total. The molecule has 0 radical (unpaired) electrons. The Labute approximate surface area is 139 Å². The maximum Gasteiger partial charge on any atom is 0.178 e. The number of nitrogens with zero attached hydrogens (tertiary/aromatic N) is 1. The largest absolute Gasteiger partial charge is 0.296 e. The summed E-state index contributed by atoms with van der Waals surface area (Å²) in [5.41, 5.74) is 0.524. The Balaban J connectivity index is 1.98. The van der Waals surface area contributed by atoms with Crippen LogP contribution in [-0.4, -0.2) is 30.3 Å². The first-order chi connectivity index (χ1) is 9.97. The minimum absolute atomic E-state index is 0.0113. The smallest absolute Gasteiger partial charge is 0.178 e. The van der Waals surface area contributed by atoms with E-state index in [-0.39, 0.29) is 5.78 Å². The third-order valence-corrected chi connectivity index (χ3v) is 4.90. The average Bonchev–Trinajstić information content (AvgIpc) is 2.91. The molecular formula is C16H17Cl2NOS. The first-order valence-corrected chi connectivity index (χ1v) is 8.32. The zero-order valence-corrected chi connectivity index (χ0v) is 14.3. The zero-order valence-electron chi connectivity index (χ0n) is 12.0. The Bertz CT molecular complexity index is 613. The molecule has 1 atom stereocenters. The van der Waals surface area contributed by atoms with Crippen molar-refractivity contribution in [1.29, 1.82) is 0 Å². The lowest BCUT2D eigenvalue weighted by Crippen LogP contribution is -2.35. The molecule has 1 aromatic carbocycles. The van der Waals surface area contributed by atoms with Gasteiger partial charge in [-0.05, 0) is 50.0 Å². The van der Waals surface area contributed by atoms with Crippen molar-refractivity contribution in [2.45, 2.75) is 19.4 Å². The van der Waals surface area contributed by atoms with Crippen LogP contribution in [0.1, 0.15) is 22.2 Å². The Morgan fingerprint density at radius 1 is 1.33 bits per heavy atom. The first kappa shape index (κ1) is 16.5. The van der Waals surface area contributed by atoms with E-state index < -0.39 is 0 Å². The van der Waals surface area contributed by atoms with Gasteiger partial charge in [-0.3, -0.25) is 9.69 Å². The van der Waals surface area contributed by atoms with Crippen LogP contribution in [0.3, 0.4) is 0 Å². The standard InChI is InChI=1S/C16H17Cl2NOS/c1-11(8-13-4-3-7-21-13)19(2)10-16(20)14-6-5-12(17)9-15(14)18/h3-7,9,11H,8,10H2,1-2H3. The minimum Gasteiger partial charge on any atom is -0.296 e. The van der Waals surface area contributed by atoms with Gasteiger partial charge < -0.3 is 0 Å². The third kappa shape index (κ3) is 4.55. The van der Waals surface area contributed by atoms with E-state index >= 15 is 0 Å². The maximum atomic E-state index is 12.3. The summed E-state index contributed by atoms with van der Waals surface area (Å²) in [5, 5.41) is 3.02. The molecule has 0 bridgehead atoms. The van der Waals surface area contributed by atoms with Crippen LogP contribution in [0.4, 0.5) is 0 Å². The number of ketones is 1. The Hall–Kier alpha value is -0.870. The van der Waals surface area contributed by atoms with Gasteiger partial charge in [0.05, 0.1) is 11.6 Å². The van der Waals surface area contributed by atoms with E-state index in [4.69, 9.17) is 23.2 Å². The Morgan fingerprint density at radius 2 is 2.10 bits per heavy atom. The van der Waals surface area contributed by atoms with Crippen molar-refractivity contribution in [3.63, 3.8) is 0 Å². The molecule has 0 aliphatic rings. The molecule has 1 aromatic heterocycles. The molecule has 0 N–H and O–H groups in total. The Kier molecular flexibility index (Phi) is 5.82. The molecule has 112 valence electrons. The second-order valence-corrected chi connectivity index (χ2v) is 6.97. The summed E-state index contributed by atoms with van der Waals surface area (Å²) in [6.45, 7) is 2.46. The summed E-state index contributed by atoms with van der Waals surface area (Å²) in [5.74, 6) is 0.0113. The minimum atomic E-state index is 0.0113. The van der Waals surface area contributed by atoms with Crippen LogP contribution >= 0.6 is 34.5 Å². The molecule has 1 unspecified atom stereocenters. The van der Waals surface area contributed by atoms with E-state index in [2.05, 4.69) is 18.4 Å². The predicted molar refractivity (Wildman–Crippen MR) is 90.9 cm³/mol. The topological polar surface area (TPSA) is 20.3 Å². The van der Waals surface area contributed by atoms with Crippen LogP contribution in [-0.2, 0) is 6.42 Å². The molecule has 0 spiro atoms. The number of benzene rings is 1. The van der Waals surface area contributed by atoms with Gasteiger partial charge in [0.15, 0.2) is 5.78 Å². The summed E-state index contributed by atoms with van der Waals surface area (Å²) in [6, 6.07) is 9.43. The third-order valence-electron chi connectivity index (χ3n) is 3.45. The second kappa shape index (κ2) is 7.41. The normalized spacial score (nSPS) is 12.6. The van der Waals surface area contributed by atoms with Crippen LogP contribution in [0.5, 0.6) is 0 Å². The summed E-state index contributed by atoms with van der Waals surface area (Å²) >= 11 is 13.7. The lowest BCUT2D eigenvalue weighted by molar-refractivity contribution is 0.0925. The highest BCUT2D eigenvalue weighted by Gasteiger charge is 2.17. The number of rotatable bonds is 6. The maximum absolute atomic E-state index is 12.3. The summed E-state index contributed by atoms with van der Waals surface area (Å²) in [6.07, 6.45) is 0.940. The molecule has 2 rings (SSSR count). The van der Waals surface area contributed by atoms with Gasteiger partial charge in [-0.15, -0.1) is 11.3 Å². The van der Waals surface area contributed by atoms with Crippen molar-refractivity contribution >= 4 is 40.3 Å². The van der Waals surface area contributed by atoms with Crippen LogP contribution in [0.2, 0.25) is 10.0 Å². The molecule has 1 heterocycles. The van der Waals surface area contributed by atoms with Gasteiger partial charge in [0.1, 0.15) is 0 Å². The van der Waals surface area contributed by atoms with E-state index in [1.165, 1.54) is 4.88 Å². The quantitative estimate of drug-likeness (QED) is 0.703. The molecule has 2 aromatic rings. The van der Waals surface area contributed by atoms with E-state index in [1.54, 1.807) is 29.5 Å². The average molecular weight is 342 g/mol. The van der Waals surface area contributed by atoms with Gasteiger partial charge >= 0.3 is 0 Å². The van der Waals surface area contributed by atoms with E-state index in [0.29, 0.717) is 28.2 Å². The van der Waals surface area contributed by atoms with Gasteiger partial charge in [-0.2, -0.15) is 0 Å². The molecule has 0 aliphatic heterocycles. The van der Waals surface area contributed by atoms with Crippen molar-refractivity contribution in [2.75, 3.05) is 13.6 Å². The number of likely N-dealkylation sites (N-methyl/N-ethyl adjacent to an activating group) is 1. The van der Waals surface area contributed by atoms with E-state index in [0.717, 1.165) is 6.42 Å². The molecule has 0 fully saturated rings. The predicted octanol–water partition coefficient (Wildman–Crippen LogP) is 4.80. The van der Waals surface area contributed by atoms with Crippen molar-refractivity contribution in [2.24, 2.45) is 0 Å². The van der Waals surface area contributed by atoms with Crippen molar-refractivity contribution in [3.8, 4) is 0 Å².